The normalized spacial score (nSPS) is 48.1. The third kappa shape index (κ3) is 1.41. The van der Waals surface area contributed by atoms with Crippen molar-refractivity contribution >= 4 is 35.1 Å². The minimum atomic E-state index is -1.20. The van der Waals surface area contributed by atoms with Crippen molar-refractivity contribution in [2.45, 2.75) is 23.0 Å². The maximum atomic E-state index is 10.9. The summed E-state index contributed by atoms with van der Waals surface area (Å²) >= 11 is 11.7. The van der Waals surface area contributed by atoms with E-state index in [-0.39, 0.29) is 0 Å². The highest BCUT2D eigenvalue weighted by atomic mass is 35.5. The summed E-state index contributed by atoms with van der Waals surface area (Å²) < 4.78 is 5.22. The molecule has 84 valence electrons. The van der Waals surface area contributed by atoms with Gasteiger partial charge in [-0.25, -0.2) is 0 Å². The molecule has 5 nitrogen and oxygen atoms in total. The molecule has 0 aromatic heterocycles. The summed E-state index contributed by atoms with van der Waals surface area (Å²) in [6.07, 6.45) is -1.62. The molecule has 6 unspecified atom stereocenters. The average molecular weight is 255 g/mol. The van der Waals surface area contributed by atoms with Gasteiger partial charge < -0.3 is 14.9 Å². The molecule has 15 heavy (non-hydrogen) atoms. The predicted octanol–water partition coefficient (Wildman–Crippen LogP) is 0.384. The molecule has 2 rings (SSSR count). The summed E-state index contributed by atoms with van der Waals surface area (Å²) in [4.78, 5) is 21.8. The van der Waals surface area contributed by atoms with Gasteiger partial charge >= 0.3 is 11.9 Å². The molecule has 7 heteroatoms. The Morgan fingerprint density at radius 3 is 1.53 bits per heavy atom. The molecule has 2 saturated heterocycles. The van der Waals surface area contributed by atoms with Crippen LogP contribution in [0.3, 0.4) is 0 Å². The minimum absolute atomic E-state index is 0.645. The summed E-state index contributed by atoms with van der Waals surface area (Å²) in [5.41, 5.74) is 0. The van der Waals surface area contributed by atoms with Crippen molar-refractivity contribution in [2.24, 2.45) is 11.8 Å². The standard InChI is InChI=1S/C8H8Cl2O5/c9-3-4(10)6-2(8(13)14)1(7(11)12)5(3)15-6/h1-6H,(H,11,12)(H,13,14). The van der Waals surface area contributed by atoms with E-state index in [4.69, 9.17) is 38.2 Å². The first-order valence-corrected chi connectivity index (χ1v) is 5.21. The number of hydrogen-bond donors (Lipinski definition) is 2. The van der Waals surface area contributed by atoms with E-state index in [1.165, 1.54) is 0 Å². The Bertz CT molecular complexity index is 290. The third-order valence-electron chi connectivity index (χ3n) is 2.91. The number of alkyl halides is 2. The number of fused-ring (bicyclic) bond motifs is 2. The summed E-state index contributed by atoms with van der Waals surface area (Å²) in [5.74, 6) is -4.62. The van der Waals surface area contributed by atoms with E-state index in [2.05, 4.69) is 0 Å². The maximum absolute atomic E-state index is 10.9. The Labute approximate surface area is 94.9 Å². The lowest BCUT2D eigenvalue weighted by molar-refractivity contribution is -0.153. The SMILES string of the molecule is O=C(O)C1C2OC(C(Cl)C2Cl)C1C(=O)O. The van der Waals surface area contributed by atoms with Crippen LogP contribution >= 0.6 is 23.2 Å². The molecule has 2 heterocycles. The Morgan fingerprint density at radius 2 is 1.27 bits per heavy atom. The molecule has 2 aliphatic heterocycles. The molecule has 0 aromatic rings. The highest BCUT2D eigenvalue weighted by Gasteiger charge is 2.63. The number of rotatable bonds is 2. The molecule has 0 radical (unpaired) electrons. The van der Waals surface area contributed by atoms with E-state index in [1.807, 2.05) is 0 Å². The molecular formula is C8H8Cl2O5. The van der Waals surface area contributed by atoms with Crippen molar-refractivity contribution in [2.75, 3.05) is 0 Å². The molecule has 6 atom stereocenters. The fraction of sp³-hybridized carbons (Fsp3) is 0.750. The highest BCUT2D eigenvalue weighted by Crippen LogP contribution is 2.48. The van der Waals surface area contributed by atoms with Gasteiger partial charge in [-0.3, -0.25) is 9.59 Å². The van der Waals surface area contributed by atoms with Gasteiger partial charge in [0, 0.05) is 0 Å². The van der Waals surface area contributed by atoms with Crippen LogP contribution in [0.1, 0.15) is 0 Å². The second kappa shape index (κ2) is 3.50. The number of carbonyl (C=O) groups is 2. The van der Waals surface area contributed by atoms with E-state index < -0.39 is 46.7 Å². The number of carboxylic acids is 2. The van der Waals surface area contributed by atoms with Crippen molar-refractivity contribution in [3.63, 3.8) is 0 Å². The topological polar surface area (TPSA) is 83.8 Å². The monoisotopic (exact) mass is 254 g/mol. The Kier molecular flexibility index (Phi) is 2.56. The van der Waals surface area contributed by atoms with Gasteiger partial charge in [0.2, 0.25) is 0 Å². The maximum Gasteiger partial charge on any atom is 0.310 e. The largest absolute Gasteiger partial charge is 0.481 e. The quantitative estimate of drug-likeness (QED) is 0.697. The second-order valence-electron chi connectivity index (χ2n) is 3.68. The zero-order chi connectivity index (χ0) is 11.3. The van der Waals surface area contributed by atoms with Crippen molar-refractivity contribution in [1.29, 1.82) is 0 Å². The molecule has 0 amide bonds. The van der Waals surface area contributed by atoms with Crippen LogP contribution in [0.25, 0.3) is 0 Å². The summed E-state index contributed by atoms with van der Waals surface area (Å²) in [6.45, 7) is 0. The van der Waals surface area contributed by atoms with Gasteiger partial charge in [0.05, 0.1) is 23.0 Å². The molecule has 2 aliphatic rings. The number of carboxylic acid groups (broad SMARTS) is 2. The highest BCUT2D eigenvalue weighted by molar-refractivity contribution is 6.31. The first-order chi connectivity index (χ1) is 6.95. The van der Waals surface area contributed by atoms with Crippen LogP contribution in [0, 0.1) is 11.8 Å². The summed E-state index contributed by atoms with van der Waals surface area (Å²) in [6, 6.07) is 0. The van der Waals surface area contributed by atoms with Crippen molar-refractivity contribution in [3.05, 3.63) is 0 Å². The van der Waals surface area contributed by atoms with Crippen LogP contribution in [0.2, 0.25) is 0 Å². The number of halogens is 2. The van der Waals surface area contributed by atoms with Gasteiger partial charge in [0.25, 0.3) is 0 Å². The van der Waals surface area contributed by atoms with Crippen LogP contribution in [-0.2, 0) is 14.3 Å². The number of aliphatic carboxylic acids is 2. The zero-order valence-corrected chi connectivity index (χ0v) is 8.85. The van der Waals surface area contributed by atoms with Crippen LogP contribution in [0.5, 0.6) is 0 Å². The molecule has 2 N–H and O–H groups in total. The van der Waals surface area contributed by atoms with Crippen molar-refractivity contribution in [1.82, 2.24) is 0 Å². The van der Waals surface area contributed by atoms with Gasteiger partial charge in [-0.15, -0.1) is 23.2 Å². The first-order valence-electron chi connectivity index (χ1n) is 4.34. The Balaban J connectivity index is 2.32. The molecular weight excluding hydrogens is 247 g/mol. The molecule has 2 fully saturated rings. The second-order valence-corrected chi connectivity index (χ2v) is 4.69. The smallest absolute Gasteiger partial charge is 0.310 e. The van der Waals surface area contributed by atoms with Crippen LogP contribution in [0.15, 0.2) is 0 Å². The van der Waals surface area contributed by atoms with Crippen LogP contribution in [-0.4, -0.2) is 45.1 Å². The third-order valence-corrected chi connectivity index (χ3v) is 4.08. The Morgan fingerprint density at radius 1 is 0.933 bits per heavy atom. The fourth-order valence-corrected chi connectivity index (χ4v) is 2.98. The van der Waals surface area contributed by atoms with Crippen molar-refractivity contribution in [3.8, 4) is 0 Å². The minimum Gasteiger partial charge on any atom is -0.481 e. The molecule has 0 saturated carbocycles. The van der Waals surface area contributed by atoms with E-state index in [1.54, 1.807) is 0 Å². The lowest BCUT2D eigenvalue weighted by Gasteiger charge is -2.27. The zero-order valence-electron chi connectivity index (χ0n) is 7.34. The number of hydrogen-bond acceptors (Lipinski definition) is 3. The van der Waals surface area contributed by atoms with E-state index in [0.717, 1.165) is 0 Å². The molecule has 0 aliphatic carbocycles. The van der Waals surface area contributed by atoms with Crippen LogP contribution in [0.4, 0.5) is 0 Å². The van der Waals surface area contributed by atoms with Crippen molar-refractivity contribution < 1.29 is 24.5 Å². The Hall–Kier alpha value is -0.520. The lowest BCUT2D eigenvalue weighted by Crippen LogP contribution is -2.47. The average Bonchev–Trinajstić information content (AvgIpc) is 2.64. The lowest BCUT2D eigenvalue weighted by atomic mass is 9.79. The van der Waals surface area contributed by atoms with E-state index in [9.17, 15) is 9.59 Å². The van der Waals surface area contributed by atoms with Gasteiger partial charge in [-0.1, -0.05) is 0 Å². The molecule has 0 aromatic carbocycles. The first kappa shape index (κ1) is 11.0. The summed E-state index contributed by atoms with van der Waals surface area (Å²) in [7, 11) is 0. The van der Waals surface area contributed by atoms with Gasteiger partial charge in [0.15, 0.2) is 0 Å². The molecule has 2 bridgehead atoms. The van der Waals surface area contributed by atoms with Gasteiger partial charge in [0.1, 0.15) is 11.8 Å². The van der Waals surface area contributed by atoms with E-state index in [0.29, 0.717) is 0 Å². The van der Waals surface area contributed by atoms with Gasteiger partial charge in [-0.2, -0.15) is 0 Å². The predicted molar refractivity (Wildman–Crippen MR) is 50.2 cm³/mol. The van der Waals surface area contributed by atoms with E-state index >= 15 is 0 Å². The summed E-state index contributed by atoms with van der Waals surface area (Å²) in [5, 5.41) is 16.5. The fourth-order valence-electron chi connectivity index (χ4n) is 2.26. The number of ether oxygens (including phenoxy) is 1. The van der Waals surface area contributed by atoms with Crippen LogP contribution < -0.4 is 0 Å². The van der Waals surface area contributed by atoms with Gasteiger partial charge in [-0.05, 0) is 0 Å². The molecule has 0 spiro atoms.